The van der Waals surface area contributed by atoms with E-state index < -0.39 is 11.9 Å². The van der Waals surface area contributed by atoms with Crippen molar-refractivity contribution in [2.45, 2.75) is 6.92 Å². The lowest BCUT2D eigenvalue weighted by Crippen LogP contribution is -2.14. The number of hydrogen-bond acceptors (Lipinski definition) is 5. The predicted octanol–water partition coefficient (Wildman–Crippen LogP) is 4.95. The lowest BCUT2D eigenvalue weighted by Gasteiger charge is -2.14. The minimum atomic E-state index is -0.614. The Balaban J connectivity index is 2.36. The summed E-state index contributed by atoms with van der Waals surface area (Å²) < 4.78 is 16.0. The predicted molar refractivity (Wildman–Crippen MR) is 112 cm³/mol. The molecule has 0 fully saturated rings. The molecular formula is C20H19BrClNO5. The smallest absolute Gasteiger partial charge is 0.340 e. The standard InChI is InChI=1S/C20H19BrClNO5/c1-11(12-5-6-14(21)15(22)8-12)7-19(24)23-16-10-18(27-3)17(26-2)9-13(16)20(25)28-4/h5-10H,1-4H3,(H,23,24)/b11-7-. The summed E-state index contributed by atoms with van der Waals surface area (Å²) in [6.07, 6.45) is 1.41. The van der Waals surface area contributed by atoms with Gasteiger partial charge in [0.15, 0.2) is 11.5 Å². The Hall–Kier alpha value is -2.51. The van der Waals surface area contributed by atoms with Crippen LogP contribution in [0, 0.1) is 0 Å². The van der Waals surface area contributed by atoms with Crippen molar-refractivity contribution in [2.75, 3.05) is 26.6 Å². The zero-order valence-electron chi connectivity index (χ0n) is 15.8. The Morgan fingerprint density at radius 3 is 2.29 bits per heavy atom. The maximum absolute atomic E-state index is 12.5. The molecule has 8 heteroatoms. The summed E-state index contributed by atoms with van der Waals surface area (Å²) in [5, 5.41) is 3.22. The van der Waals surface area contributed by atoms with Gasteiger partial charge in [0, 0.05) is 22.7 Å². The van der Waals surface area contributed by atoms with Crippen LogP contribution in [0.1, 0.15) is 22.8 Å². The second kappa shape index (κ2) is 9.61. The summed E-state index contributed by atoms with van der Waals surface area (Å²) in [5.74, 6) is -0.325. The van der Waals surface area contributed by atoms with Gasteiger partial charge in [0.25, 0.3) is 0 Å². The number of carbonyl (C=O) groups is 2. The number of benzene rings is 2. The molecule has 0 atom stereocenters. The van der Waals surface area contributed by atoms with Gasteiger partial charge < -0.3 is 19.5 Å². The Kier molecular flexibility index (Phi) is 7.48. The number of carbonyl (C=O) groups excluding carboxylic acids is 2. The number of methoxy groups -OCH3 is 3. The van der Waals surface area contributed by atoms with Crippen molar-refractivity contribution in [2.24, 2.45) is 0 Å². The number of amides is 1. The minimum absolute atomic E-state index is 0.145. The molecule has 0 bridgehead atoms. The highest BCUT2D eigenvalue weighted by atomic mass is 79.9. The monoisotopic (exact) mass is 467 g/mol. The van der Waals surface area contributed by atoms with E-state index in [0.717, 1.165) is 10.0 Å². The van der Waals surface area contributed by atoms with E-state index in [1.165, 1.54) is 39.5 Å². The maximum atomic E-state index is 12.5. The highest BCUT2D eigenvalue weighted by Gasteiger charge is 2.18. The molecule has 1 amide bonds. The molecule has 2 aromatic carbocycles. The van der Waals surface area contributed by atoms with Crippen molar-refractivity contribution in [3.8, 4) is 11.5 Å². The third kappa shape index (κ3) is 5.05. The third-order valence-corrected chi connectivity index (χ3v) is 5.14. The largest absolute Gasteiger partial charge is 0.493 e. The molecule has 148 valence electrons. The fraction of sp³-hybridized carbons (Fsp3) is 0.200. The second-order valence-electron chi connectivity index (χ2n) is 5.69. The van der Waals surface area contributed by atoms with Crippen LogP contribution >= 0.6 is 27.5 Å². The molecule has 0 radical (unpaired) electrons. The van der Waals surface area contributed by atoms with Crippen molar-refractivity contribution < 1.29 is 23.8 Å². The van der Waals surface area contributed by atoms with Gasteiger partial charge in [0.2, 0.25) is 5.91 Å². The van der Waals surface area contributed by atoms with Gasteiger partial charge in [-0.05, 0) is 46.1 Å². The SMILES string of the molecule is COC(=O)c1cc(OC)c(OC)cc1NC(=O)/C=C(/C)c1ccc(Br)c(Cl)c1. The lowest BCUT2D eigenvalue weighted by molar-refractivity contribution is -0.111. The number of ether oxygens (including phenoxy) is 3. The first-order chi connectivity index (χ1) is 13.3. The quantitative estimate of drug-likeness (QED) is 0.480. The number of rotatable bonds is 6. The molecule has 0 saturated carbocycles. The molecule has 0 aliphatic carbocycles. The van der Waals surface area contributed by atoms with Crippen LogP contribution in [0.4, 0.5) is 5.69 Å². The maximum Gasteiger partial charge on any atom is 0.340 e. The van der Waals surface area contributed by atoms with Gasteiger partial charge >= 0.3 is 5.97 Å². The molecule has 6 nitrogen and oxygen atoms in total. The van der Waals surface area contributed by atoms with E-state index in [0.29, 0.717) is 22.1 Å². The number of esters is 1. The van der Waals surface area contributed by atoms with E-state index in [4.69, 9.17) is 25.8 Å². The summed E-state index contributed by atoms with van der Waals surface area (Å²) in [7, 11) is 4.17. The normalized spacial score (nSPS) is 11.0. The van der Waals surface area contributed by atoms with Crippen LogP contribution in [-0.4, -0.2) is 33.2 Å². The van der Waals surface area contributed by atoms with Crippen molar-refractivity contribution >= 4 is 50.7 Å². The second-order valence-corrected chi connectivity index (χ2v) is 6.95. The number of halogens is 2. The van der Waals surface area contributed by atoms with Crippen LogP contribution in [0.2, 0.25) is 5.02 Å². The molecule has 0 spiro atoms. The first-order valence-electron chi connectivity index (χ1n) is 8.09. The molecule has 0 heterocycles. The van der Waals surface area contributed by atoms with Crippen LogP contribution < -0.4 is 14.8 Å². The zero-order valence-corrected chi connectivity index (χ0v) is 18.1. The minimum Gasteiger partial charge on any atom is -0.493 e. The topological polar surface area (TPSA) is 73.9 Å². The van der Waals surface area contributed by atoms with Crippen LogP contribution in [0.3, 0.4) is 0 Å². The third-order valence-electron chi connectivity index (χ3n) is 3.91. The summed E-state index contributed by atoms with van der Waals surface area (Å²) >= 11 is 9.44. The fourth-order valence-electron chi connectivity index (χ4n) is 2.45. The van der Waals surface area contributed by atoms with Crippen molar-refractivity contribution in [1.29, 1.82) is 0 Å². The highest BCUT2D eigenvalue weighted by Crippen LogP contribution is 2.34. The van der Waals surface area contributed by atoms with Crippen LogP contribution in [0.15, 0.2) is 40.9 Å². The zero-order chi connectivity index (χ0) is 20.8. The summed E-state index contributed by atoms with van der Waals surface area (Å²) in [5.41, 5.74) is 1.88. The first kappa shape index (κ1) is 21.8. The first-order valence-corrected chi connectivity index (χ1v) is 9.26. The van der Waals surface area contributed by atoms with E-state index >= 15 is 0 Å². The number of allylic oxidation sites excluding steroid dienone is 1. The molecule has 0 unspecified atom stereocenters. The van der Waals surface area contributed by atoms with Crippen molar-refractivity contribution in [3.63, 3.8) is 0 Å². The Morgan fingerprint density at radius 2 is 1.71 bits per heavy atom. The van der Waals surface area contributed by atoms with Gasteiger partial charge in [0.05, 0.1) is 37.6 Å². The van der Waals surface area contributed by atoms with E-state index in [-0.39, 0.29) is 11.3 Å². The molecule has 0 aromatic heterocycles. The summed E-state index contributed by atoms with van der Waals surface area (Å²) in [6.45, 7) is 1.79. The summed E-state index contributed by atoms with van der Waals surface area (Å²) in [6, 6.07) is 8.34. The molecule has 2 rings (SSSR count). The van der Waals surface area contributed by atoms with E-state index in [9.17, 15) is 9.59 Å². The molecule has 0 aliphatic rings. The van der Waals surface area contributed by atoms with Crippen LogP contribution in [0.5, 0.6) is 11.5 Å². The van der Waals surface area contributed by atoms with Gasteiger partial charge in [-0.1, -0.05) is 17.7 Å². The van der Waals surface area contributed by atoms with Gasteiger partial charge in [-0.15, -0.1) is 0 Å². The molecule has 1 N–H and O–H groups in total. The summed E-state index contributed by atoms with van der Waals surface area (Å²) in [4.78, 5) is 24.6. The van der Waals surface area contributed by atoms with Crippen molar-refractivity contribution in [3.05, 3.63) is 57.0 Å². The Labute approximate surface area is 176 Å². The molecular weight excluding hydrogens is 450 g/mol. The fourth-order valence-corrected chi connectivity index (χ4v) is 2.88. The number of hydrogen-bond donors (Lipinski definition) is 1. The van der Waals surface area contributed by atoms with E-state index in [2.05, 4.69) is 21.2 Å². The Morgan fingerprint density at radius 1 is 1.07 bits per heavy atom. The van der Waals surface area contributed by atoms with Gasteiger partial charge in [-0.25, -0.2) is 4.79 Å². The van der Waals surface area contributed by atoms with Crippen LogP contribution in [-0.2, 0) is 9.53 Å². The van der Waals surface area contributed by atoms with Gasteiger partial charge in [-0.2, -0.15) is 0 Å². The van der Waals surface area contributed by atoms with Gasteiger partial charge in [0.1, 0.15) is 0 Å². The number of nitrogens with one attached hydrogen (secondary N) is 1. The average Bonchev–Trinajstić information content (AvgIpc) is 2.68. The molecule has 0 aliphatic heterocycles. The molecule has 28 heavy (non-hydrogen) atoms. The van der Waals surface area contributed by atoms with Crippen molar-refractivity contribution in [1.82, 2.24) is 0 Å². The Bertz CT molecular complexity index is 942. The number of anilines is 1. The lowest BCUT2D eigenvalue weighted by atomic mass is 10.1. The van der Waals surface area contributed by atoms with Gasteiger partial charge in [-0.3, -0.25) is 4.79 Å². The van der Waals surface area contributed by atoms with E-state index in [1.54, 1.807) is 19.1 Å². The average molecular weight is 469 g/mol. The van der Waals surface area contributed by atoms with E-state index in [1.807, 2.05) is 6.07 Å². The van der Waals surface area contributed by atoms with Crippen LogP contribution in [0.25, 0.3) is 5.57 Å². The highest BCUT2D eigenvalue weighted by molar-refractivity contribution is 9.10. The molecule has 0 saturated heterocycles. The molecule has 2 aromatic rings.